The largest absolute Gasteiger partial charge is 0.310 e. The fourth-order valence-electron chi connectivity index (χ4n) is 0.515. The molecule has 9 heavy (non-hydrogen) atoms. The minimum atomic E-state index is 0.674. The monoisotopic (exact) mass is 126 g/mol. The maximum absolute atomic E-state index is 7.23. The molecule has 0 aromatic rings. The van der Waals surface area contributed by atoms with Gasteiger partial charge in [-0.3, -0.25) is 0 Å². The summed E-state index contributed by atoms with van der Waals surface area (Å²) in [6.07, 6.45) is 2.35. The highest BCUT2D eigenvalue weighted by molar-refractivity contribution is 5.87. The van der Waals surface area contributed by atoms with Crippen molar-refractivity contribution in [3.05, 3.63) is 0 Å². The Balaban J connectivity index is 3.28. The first-order valence-electron chi connectivity index (χ1n) is 3.27. The summed E-state index contributed by atoms with van der Waals surface area (Å²) < 4.78 is 0. The molecular weight excluding hydrogens is 112 g/mol. The molecule has 0 rings (SSSR count). The summed E-state index contributed by atoms with van der Waals surface area (Å²) in [4.78, 5) is 0. The summed E-state index contributed by atoms with van der Waals surface area (Å²) >= 11 is 0. The molecule has 2 N–H and O–H groups in total. The van der Waals surface area contributed by atoms with Gasteiger partial charge in [0.25, 0.3) is 0 Å². The normalized spacial score (nSPS) is 9.11. The van der Waals surface area contributed by atoms with Gasteiger partial charge in [0.05, 0.1) is 0 Å². The van der Waals surface area contributed by atoms with Crippen molar-refractivity contribution >= 4 is 11.4 Å². The molecule has 0 radical (unpaired) electrons. The Morgan fingerprint density at radius 2 is 1.78 bits per heavy atom. The third kappa shape index (κ3) is 5.21. The van der Waals surface area contributed by atoms with Gasteiger partial charge < -0.3 is 10.8 Å². The van der Waals surface area contributed by atoms with Crippen LogP contribution in [0.4, 0.5) is 0 Å². The fourth-order valence-corrected chi connectivity index (χ4v) is 0.515. The van der Waals surface area contributed by atoms with Crippen LogP contribution in [0.25, 0.3) is 0 Å². The Morgan fingerprint density at radius 3 is 2.11 bits per heavy atom. The molecule has 0 spiro atoms. The van der Waals surface area contributed by atoms with Crippen molar-refractivity contribution in [2.75, 3.05) is 0 Å². The number of nitrogens with one attached hydrogen (secondary N) is 2. The third-order valence-corrected chi connectivity index (χ3v) is 1.23. The molecular formula is C7H14N2. The van der Waals surface area contributed by atoms with E-state index in [0.717, 1.165) is 25.0 Å². The highest BCUT2D eigenvalue weighted by Crippen LogP contribution is 1.95. The predicted octanol–water partition coefficient (Wildman–Crippen LogP) is 2.24. The second-order valence-corrected chi connectivity index (χ2v) is 2.24. The Hall–Kier alpha value is -0.660. The molecule has 52 valence electrons. The lowest BCUT2D eigenvalue weighted by atomic mass is 10.1. The maximum Gasteiger partial charge on any atom is 0.00901 e. The van der Waals surface area contributed by atoms with Gasteiger partial charge in [-0.25, -0.2) is 0 Å². The van der Waals surface area contributed by atoms with Crippen molar-refractivity contribution < 1.29 is 0 Å². The average molecular weight is 126 g/mol. The van der Waals surface area contributed by atoms with Gasteiger partial charge in [0, 0.05) is 11.4 Å². The molecule has 2 heteroatoms. The van der Waals surface area contributed by atoms with Gasteiger partial charge in [0.2, 0.25) is 0 Å². The van der Waals surface area contributed by atoms with Crippen molar-refractivity contribution in [1.29, 1.82) is 10.8 Å². The van der Waals surface area contributed by atoms with Crippen LogP contribution in [0.15, 0.2) is 0 Å². The number of hydrogen-bond acceptors (Lipinski definition) is 2. The van der Waals surface area contributed by atoms with Crippen molar-refractivity contribution in [2.45, 2.75) is 33.1 Å². The first-order chi connectivity index (χ1) is 4.16. The molecule has 0 atom stereocenters. The van der Waals surface area contributed by atoms with E-state index in [9.17, 15) is 0 Å². The number of hydrogen-bond donors (Lipinski definition) is 2. The molecule has 0 aromatic heterocycles. The molecule has 2 nitrogen and oxygen atoms in total. The van der Waals surface area contributed by atoms with Gasteiger partial charge in [-0.05, 0) is 26.2 Å². The molecule has 0 unspecified atom stereocenters. The van der Waals surface area contributed by atoms with Crippen molar-refractivity contribution in [2.24, 2.45) is 0 Å². The van der Waals surface area contributed by atoms with Crippen LogP contribution in [0.3, 0.4) is 0 Å². The molecule has 0 bridgehead atoms. The van der Waals surface area contributed by atoms with E-state index in [1.165, 1.54) is 0 Å². The van der Waals surface area contributed by atoms with E-state index in [2.05, 4.69) is 0 Å². The summed E-state index contributed by atoms with van der Waals surface area (Å²) in [6, 6.07) is 0. The quantitative estimate of drug-likeness (QED) is 0.543. The minimum absolute atomic E-state index is 0.674. The molecule has 0 aliphatic rings. The zero-order valence-corrected chi connectivity index (χ0v) is 6.12. The lowest BCUT2D eigenvalue weighted by molar-refractivity contribution is 1.05. The van der Waals surface area contributed by atoms with E-state index in [1.54, 1.807) is 6.92 Å². The van der Waals surface area contributed by atoms with Crippen LogP contribution < -0.4 is 0 Å². The van der Waals surface area contributed by atoms with E-state index >= 15 is 0 Å². The minimum Gasteiger partial charge on any atom is -0.310 e. The fraction of sp³-hybridized carbons (Fsp3) is 0.714. The average Bonchev–Trinajstić information content (AvgIpc) is 1.83. The molecule has 0 saturated heterocycles. The Kier molecular flexibility index (Phi) is 3.93. The van der Waals surface area contributed by atoms with E-state index < -0.39 is 0 Å². The summed E-state index contributed by atoms with van der Waals surface area (Å²) in [6.45, 7) is 3.75. The van der Waals surface area contributed by atoms with Gasteiger partial charge in [-0.15, -0.1) is 0 Å². The van der Waals surface area contributed by atoms with E-state index in [0.29, 0.717) is 5.71 Å². The van der Waals surface area contributed by atoms with Gasteiger partial charge in [-0.2, -0.15) is 0 Å². The standard InChI is InChI=1S/C7H14N2/c1-3-7(9)5-4-6(2)8/h8-9H,3-5H2,1-2H3. The predicted molar refractivity (Wildman–Crippen MR) is 40.7 cm³/mol. The smallest absolute Gasteiger partial charge is 0.00901 e. The van der Waals surface area contributed by atoms with Crippen LogP contribution in [0, 0.1) is 10.8 Å². The van der Waals surface area contributed by atoms with Crippen LogP contribution in [0.5, 0.6) is 0 Å². The molecule has 0 aromatic carbocycles. The van der Waals surface area contributed by atoms with E-state index in [1.807, 2.05) is 6.92 Å². The summed E-state index contributed by atoms with van der Waals surface area (Å²) in [5, 5.41) is 14.3. The van der Waals surface area contributed by atoms with Crippen molar-refractivity contribution in [3.8, 4) is 0 Å². The third-order valence-electron chi connectivity index (χ3n) is 1.23. The SMILES string of the molecule is CCC(=N)CCC(C)=N. The molecule has 0 saturated carbocycles. The van der Waals surface area contributed by atoms with Crippen LogP contribution in [0.2, 0.25) is 0 Å². The molecule has 0 heterocycles. The summed E-state index contributed by atoms with van der Waals surface area (Å²) in [5.41, 5.74) is 1.43. The Morgan fingerprint density at radius 1 is 1.22 bits per heavy atom. The van der Waals surface area contributed by atoms with Crippen LogP contribution in [0.1, 0.15) is 33.1 Å². The molecule has 0 aliphatic heterocycles. The second-order valence-electron chi connectivity index (χ2n) is 2.24. The highest BCUT2D eigenvalue weighted by atomic mass is 14.4. The Bertz CT molecular complexity index is 116. The zero-order chi connectivity index (χ0) is 7.28. The van der Waals surface area contributed by atoms with Gasteiger partial charge in [-0.1, -0.05) is 6.92 Å². The van der Waals surface area contributed by atoms with Crippen LogP contribution in [-0.4, -0.2) is 11.4 Å². The van der Waals surface area contributed by atoms with Crippen molar-refractivity contribution in [3.63, 3.8) is 0 Å². The summed E-state index contributed by atoms with van der Waals surface area (Å²) in [7, 11) is 0. The van der Waals surface area contributed by atoms with Crippen LogP contribution >= 0.6 is 0 Å². The van der Waals surface area contributed by atoms with E-state index in [4.69, 9.17) is 10.8 Å². The highest BCUT2D eigenvalue weighted by Gasteiger charge is 1.93. The molecule has 0 fully saturated rings. The van der Waals surface area contributed by atoms with Crippen LogP contribution in [-0.2, 0) is 0 Å². The van der Waals surface area contributed by atoms with Gasteiger partial charge >= 0.3 is 0 Å². The second kappa shape index (κ2) is 4.24. The number of rotatable bonds is 4. The van der Waals surface area contributed by atoms with E-state index in [-0.39, 0.29) is 0 Å². The van der Waals surface area contributed by atoms with Gasteiger partial charge in [0.15, 0.2) is 0 Å². The zero-order valence-electron chi connectivity index (χ0n) is 6.12. The topological polar surface area (TPSA) is 47.7 Å². The first kappa shape index (κ1) is 8.34. The molecule has 0 amide bonds. The molecule has 0 aliphatic carbocycles. The maximum atomic E-state index is 7.23. The van der Waals surface area contributed by atoms with Crippen molar-refractivity contribution in [1.82, 2.24) is 0 Å². The summed E-state index contributed by atoms with van der Waals surface area (Å²) in [5.74, 6) is 0. The van der Waals surface area contributed by atoms with Gasteiger partial charge in [0.1, 0.15) is 0 Å². The Labute approximate surface area is 56.3 Å². The lowest BCUT2D eigenvalue weighted by Crippen LogP contribution is -1.97. The first-order valence-corrected chi connectivity index (χ1v) is 3.27. The lowest BCUT2D eigenvalue weighted by Gasteiger charge is -1.96.